The average molecular weight is 374 g/mol. The quantitative estimate of drug-likeness (QED) is 0.716. The molecule has 0 radical (unpaired) electrons. The first kappa shape index (κ1) is 18.1. The Morgan fingerprint density at radius 2 is 1.92 bits per heavy atom. The zero-order valence-electron chi connectivity index (χ0n) is 14.0. The lowest BCUT2D eigenvalue weighted by atomic mass is 10.0. The lowest BCUT2D eigenvalue weighted by molar-refractivity contribution is -0.137. The molecule has 0 bridgehead atoms. The van der Waals surface area contributed by atoms with Gasteiger partial charge in [-0.1, -0.05) is 29.8 Å². The third-order valence-corrected chi connectivity index (χ3v) is 5.64. The Balaban J connectivity index is 1.90. The summed E-state index contributed by atoms with van der Waals surface area (Å²) >= 11 is 0. The van der Waals surface area contributed by atoms with Gasteiger partial charge in [0.05, 0.1) is 23.8 Å². The van der Waals surface area contributed by atoms with Crippen molar-refractivity contribution in [2.24, 2.45) is 0 Å². The van der Waals surface area contributed by atoms with E-state index in [-0.39, 0.29) is 23.6 Å². The summed E-state index contributed by atoms with van der Waals surface area (Å²) in [4.78, 5) is 22.6. The van der Waals surface area contributed by atoms with E-state index < -0.39 is 22.0 Å². The minimum atomic E-state index is -3.95. The summed E-state index contributed by atoms with van der Waals surface area (Å²) in [6.45, 7) is 1.89. The summed E-state index contributed by atoms with van der Waals surface area (Å²) in [5, 5.41) is 11.8. The lowest BCUT2D eigenvalue weighted by Crippen LogP contribution is -2.30. The maximum absolute atomic E-state index is 12.7. The number of rotatable bonds is 6. The number of fused-ring (bicyclic) bond motifs is 1. The molecule has 0 saturated carbocycles. The fourth-order valence-electron chi connectivity index (χ4n) is 2.83. The van der Waals surface area contributed by atoms with Crippen LogP contribution in [-0.4, -0.2) is 25.4 Å². The third-order valence-electron chi connectivity index (χ3n) is 4.17. The van der Waals surface area contributed by atoms with Crippen LogP contribution >= 0.6 is 0 Å². The van der Waals surface area contributed by atoms with Gasteiger partial charge in [-0.2, -0.15) is 0 Å². The molecule has 1 amide bonds. The van der Waals surface area contributed by atoms with Crippen molar-refractivity contribution in [1.29, 1.82) is 0 Å². The number of amides is 1. The molecule has 1 aliphatic rings. The molecule has 0 saturated heterocycles. The molecule has 0 aromatic heterocycles. The standard InChI is InChI=1S/C18H18N2O5S/c1-11-2-4-12(5-3-11)16(10-18(22)23)20-26(24,25)14-6-7-15-13(8-14)9-17(21)19-15/h2-8,16,20H,9-10H2,1H3,(H,19,21)(H,22,23). The van der Waals surface area contributed by atoms with Crippen molar-refractivity contribution in [2.45, 2.75) is 30.7 Å². The van der Waals surface area contributed by atoms with Gasteiger partial charge in [-0.3, -0.25) is 9.59 Å². The summed E-state index contributed by atoms with van der Waals surface area (Å²) in [6, 6.07) is 10.5. The Morgan fingerprint density at radius 1 is 1.23 bits per heavy atom. The van der Waals surface area contributed by atoms with Crippen molar-refractivity contribution in [3.05, 3.63) is 59.2 Å². The Morgan fingerprint density at radius 3 is 2.58 bits per heavy atom. The molecule has 136 valence electrons. The van der Waals surface area contributed by atoms with Gasteiger partial charge in [-0.15, -0.1) is 0 Å². The van der Waals surface area contributed by atoms with E-state index >= 15 is 0 Å². The van der Waals surface area contributed by atoms with Crippen LogP contribution in [0.15, 0.2) is 47.4 Å². The van der Waals surface area contributed by atoms with Crippen molar-refractivity contribution < 1.29 is 23.1 Å². The predicted octanol–water partition coefficient (Wildman–Crippen LogP) is 1.98. The SMILES string of the molecule is Cc1ccc(C(CC(=O)O)NS(=O)(=O)c2ccc3c(c2)CC(=O)N3)cc1. The summed E-state index contributed by atoms with van der Waals surface area (Å²) in [7, 11) is -3.95. The number of aryl methyl sites for hydroxylation is 1. The van der Waals surface area contributed by atoms with Gasteiger partial charge < -0.3 is 10.4 Å². The second-order valence-corrected chi connectivity index (χ2v) is 7.94. The minimum Gasteiger partial charge on any atom is -0.481 e. The molecule has 3 rings (SSSR count). The van der Waals surface area contributed by atoms with Gasteiger partial charge in [0.1, 0.15) is 0 Å². The van der Waals surface area contributed by atoms with Crippen molar-refractivity contribution in [2.75, 3.05) is 5.32 Å². The van der Waals surface area contributed by atoms with Crippen molar-refractivity contribution >= 4 is 27.6 Å². The van der Waals surface area contributed by atoms with Crippen LogP contribution in [0.5, 0.6) is 0 Å². The highest BCUT2D eigenvalue weighted by molar-refractivity contribution is 7.89. The Kier molecular flexibility index (Phi) is 4.80. The van der Waals surface area contributed by atoms with Gasteiger partial charge >= 0.3 is 5.97 Å². The van der Waals surface area contributed by atoms with Gasteiger partial charge in [0.25, 0.3) is 0 Å². The number of anilines is 1. The average Bonchev–Trinajstić information content (AvgIpc) is 2.93. The first-order valence-electron chi connectivity index (χ1n) is 7.98. The van der Waals surface area contributed by atoms with Gasteiger partial charge in [0, 0.05) is 5.69 Å². The Bertz CT molecular complexity index is 968. The highest BCUT2D eigenvalue weighted by Gasteiger charge is 2.26. The second kappa shape index (κ2) is 6.89. The van der Waals surface area contributed by atoms with Crippen LogP contribution in [0.25, 0.3) is 0 Å². The molecule has 0 aliphatic carbocycles. The monoisotopic (exact) mass is 374 g/mol. The van der Waals surface area contributed by atoms with Crippen LogP contribution in [0.1, 0.15) is 29.2 Å². The molecule has 0 fully saturated rings. The molecule has 2 aromatic carbocycles. The second-order valence-electron chi connectivity index (χ2n) is 6.23. The van der Waals surface area contributed by atoms with E-state index in [1.54, 1.807) is 24.3 Å². The molecule has 7 nitrogen and oxygen atoms in total. The van der Waals surface area contributed by atoms with Crippen LogP contribution in [-0.2, 0) is 26.0 Å². The highest BCUT2D eigenvalue weighted by atomic mass is 32.2. The van der Waals surface area contributed by atoms with Crippen molar-refractivity contribution in [1.82, 2.24) is 4.72 Å². The van der Waals surface area contributed by atoms with Crippen LogP contribution in [0.2, 0.25) is 0 Å². The minimum absolute atomic E-state index is 0.00440. The van der Waals surface area contributed by atoms with Gasteiger partial charge in [0.15, 0.2) is 0 Å². The molecule has 8 heteroatoms. The number of sulfonamides is 1. The summed E-state index contributed by atoms with van der Waals surface area (Å²) in [5.41, 5.74) is 2.75. The van der Waals surface area contributed by atoms with Gasteiger partial charge in [0.2, 0.25) is 15.9 Å². The molecule has 1 atom stereocenters. The van der Waals surface area contributed by atoms with E-state index in [4.69, 9.17) is 5.11 Å². The summed E-state index contributed by atoms with van der Waals surface area (Å²) in [6.07, 6.45) is -0.261. The molecule has 26 heavy (non-hydrogen) atoms. The van der Waals surface area contributed by atoms with E-state index in [9.17, 15) is 18.0 Å². The maximum Gasteiger partial charge on any atom is 0.305 e. The molecular weight excluding hydrogens is 356 g/mol. The van der Waals surface area contributed by atoms with E-state index in [1.165, 1.54) is 18.2 Å². The maximum atomic E-state index is 12.7. The van der Waals surface area contributed by atoms with Gasteiger partial charge in [-0.25, -0.2) is 13.1 Å². The van der Waals surface area contributed by atoms with E-state index in [0.29, 0.717) is 16.8 Å². The largest absolute Gasteiger partial charge is 0.481 e. The van der Waals surface area contributed by atoms with Crippen LogP contribution in [0, 0.1) is 6.92 Å². The molecular formula is C18H18N2O5S. The Labute approximate surface area is 151 Å². The number of carbonyl (C=O) groups is 2. The summed E-state index contributed by atoms with van der Waals surface area (Å²) < 4.78 is 27.9. The number of carboxylic acids is 1. The first-order chi connectivity index (χ1) is 12.2. The zero-order valence-corrected chi connectivity index (χ0v) is 14.8. The number of hydrogen-bond donors (Lipinski definition) is 3. The Hall–Kier alpha value is -2.71. The number of hydrogen-bond acceptors (Lipinski definition) is 4. The molecule has 2 aromatic rings. The predicted molar refractivity (Wildman–Crippen MR) is 95.3 cm³/mol. The van der Waals surface area contributed by atoms with Crippen molar-refractivity contribution in [3.8, 4) is 0 Å². The number of nitrogens with one attached hydrogen (secondary N) is 2. The third kappa shape index (κ3) is 3.92. The van der Waals surface area contributed by atoms with Crippen LogP contribution in [0.3, 0.4) is 0 Å². The molecule has 1 heterocycles. The molecule has 0 spiro atoms. The van der Waals surface area contributed by atoms with E-state index in [2.05, 4.69) is 10.0 Å². The number of carbonyl (C=O) groups excluding carboxylic acids is 1. The van der Waals surface area contributed by atoms with E-state index in [1.807, 2.05) is 6.92 Å². The van der Waals surface area contributed by atoms with Gasteiger partial charge in [-0.05, 0) is 36.2 Å². The lowest BCUT2D eigenvalue weighted by Gasteiger charge is -2.18. The normalized spacial score (nSPS) is 14.6. The fraction of sp³-hybridized carbons (Fsp3) is 0.222. The smallest absolute Gasteiger partial charge is 0.305 e. The molecule has 3 N–H and O–H groups in total. The fourth-order valence-corrected chi connectivity index (χ4v) is 4.10. The van der Waals surface area contributed by atoms with E-state index in [0.717, 1.165) is 5.56 Å². The van der Waals surface area contributed by atoms with Crippen molar-refractivity contribution in [3.63, 3.8) is 0 Å². The number of benzene rings is 2. The van der Waals surface area contributed by atoms with Crippen LogP contribution in [0.4, 0.5) is 5.69 Å². The molecule has 1 aliphatic heterocycles. The molecule has 1 unspecified atom stereocenters. The topological polar surface area (TPSA) is 113 Å². The van der Waals surface area contributed by atoms with Crippen LogP contribution < -0.4 is 10.0 Å². The highest BCUT2D eigenvalue weighted by Crippen LogP contribution is 2.27. The number of aliphatic carboxylic acids is 1. The number of carboxylic acid groups (broad SMARTS) is 1. The zero-order chi connectivity index (χ0) is 18.9. The first-order valence-corrected chi connectivity index (χ1v) is 9.46. The summed E-state index contributed by atoms with van der Waals surface area (Å²) in [5.74, 6) is -1.30.